The number of rotatable bonds is 6. The molecule has 2 heteroatoms. The van der Waals surface area contributed by atoms with E-state index < -0.39 is 10.8 Å². The van der Waals surface area contributed by atoms with Crippen LogP contribution in [-0.2, 0) is 10.8 Å². The highest BCUT2D eigenvalue weighted by Crippen LogP contribution is 2.59. The molecule has 0 saturated heterocycles. The zero-order valence-corrected chi connectivity index (χ0v) is 39.0. The molecule has 0 bridgehead atoms. The average molecular weight is 969 g/mol. The van der Waals surface area contributed by atoms with Crippen molar-refractivity contribution in [1.29, 1.82) is 0 Å². The lowest BCUT2D eigenvalue weighted by Crippen LogP contribution is -2.28. The van der Waals surface area contributed by atoms with E-state index in [0.29, 0.717) is 0 Å². The van der Waals surface area contributed by atoms with Crippen LogP contribution in [0.15, 0.2) is 252 Å². The zero-order chi connectivity index (χ0) is 44.0. The monoisotopic (exact) mass is 966 g/mol. The van der Waals surface area contributed by atoms with E-state index in [9.17, 15) is 0 Å². The molecule has 0 radical (unpaired) electrons. The molecule has 0 atom stereocenters. The molecular weight excluding hydrogens is 929 g/mol. The molecule has 11 aromatic carbocycles. The normalized spacial score (nSPS) is 13.8. The van der Waals surface area contributed by atoms with Gasteiger partial charge in [0.05, 0.1) is 10.8 Å². The first-order chi connectivity index (χ1) is 32.6. The van der Waals surface area contributed by atoms with Crippen LogP contribution >= 0.6 is 31.9 Å². The van der Waals surface area contributed by atoms with Gasteiger partial charge in [-0.2, -0.15) is 0 Å². The molecule has 0 heterocycles. The summed E-state index contributed by atoms with van der Waals surface area (Å²) in [6, 6.07) is 90.6. The van der Waals surface area contributed by atoms with Crippen molar-refractivity contribution < 1.29 is 0 Å². The highest BCUT2D eigenvalue weighted by atomic mass is 79.9. The second kappa shape index (κ2) is 15.2. The van der Waals surface area contributed by atoms with Crippen LogP contribution in [0.1, 0.15) is 44.5 Å². The van der Waals surface area contributed by atoms with E-state index in [1.807, 2.05) is 0 Å². The van der Waals surface area contributed by atoms with Crippen molar-refractivity contribution in [2.75, 3.05) is 0 Å². The molecule has 0 spiro atoms. The lowest BCUT2D eigenvalue weighted by Gasteiger charge is -2.34. The Labute approximate surface area is 402 Å². The predicted molar refractivity (Wildman–Crippen MR) is 282 cm³/mol. The molecule has 0 fully saturated rings. The molecule has 0 nitrogen and oxygen atoms in total. The van der Waals surface area contributed by atoms with Gasteiger partial charge in [0, 0.05) is 8.95 Å². The molecule has 0 aromatic heterocycles. The molecule has 0 amide bonds. The van der Waals surface area contributed by atoms with E-state index in [1.54, 1.807) is 0 Å². The molecule has 11 aromatic rings. The Morgan fingerprint density at radius 1 is 0.242 bits per heavy atom. The minimum atomic E-state index is -0.508. The van der Waals surface area contributed by atoms with Gasteiger partial charge in [0.1, 0.15) is 0 Å². The minimum absolute atomic E-state index is 0.508. The predicted octanol–water partition coefficient (Wildman–Crippen LogP) is 17.6. The summed E-state index contributed by atoms with van der Waals surface area (Å²) < 4.78 is 2.10. The van der Waals surface area contributed by atoms with E-state index in [0.717, 1.165) is 8.95 Å². The molecule has 0 N–H and O–H groups in total. The lowest BCUT2D eigenvalue weighted by molar-refractivity contribution is 0.769. The second-order valence-corrected chi connectivity index (χ2v) is 19.5. The molecular formula is C64H40Br2. The van der Waals surface area contributed by atoms with Gasteiger partial charge in [0.15, 0.2) is 0 Å². The van der Waals surface area contributed by atoms with Crippen LogP contribution in [0.2, 0.25) is 0 Å². The number of fused-ring (bicyclic) bond motifs is 8. The standard InChI is InChI=1S/C64H40Br2/c65-47-32-36-54-55(39-47)61(41-29-33-51-49-25-13-15-27-57(49)63(59(51)37-41,43-17-5-1-6-18-43)44-19-7-2-8-20-44)53-35-31-48(66)40-56(53)62(54)42-30-34-52-50-26-14-16-28-58(50)64(60(52)38-42,45-21-9-3-10-22-45)46-23-11-4-12-24-46/h1-40H. The van der Waals surface area contributed by atoms with E-state index in [4.69, 9.17) is 0 Å². The number of halogens is 2. The van der Waals surface area contributed by atoms with Crippen LogP contribution in [0, 0.1) is 0 Å². The SMILES string of the molecule is Brc1ccc2c(-c3ccc4c(c3)C(c3ccccc3)(c3ccccc3)c3ccccc3-4)c3cc(Br)ccc3c(-c3ccc4c(c3)C(c3ccccc3)(c3ccccc3)c3ccccc3-4)c2c1. The van der Waals surface area contributed by atoms with Crippen molar-refractivity contribution in [3.63, 3.8) is 0 Å². The van der Waals surface area contributed by atoms with Crippen molar-refractivity contribution in [1.82, 2.24) is 0 Å². The van der Waals surface area contributed by atoms with Gasteiger partial charge < -0.3 is 0 Å². The van der Waals surface area contributed by atoms with Crippen molar-refractivity contribution in [3.05, 3.63) is 296 Å². The fourth-order valence-corrected chi connectivity index (χ4v) is 12.7. The van der Waals surface area contributed by atoms with Crippen LogP contribution in [0.5, 0.6) is 0 Å². The molecule has 2 aliphatic carbocycles. The molecule has 66 heavy (non-hydrogen) atoms. The summed E-state index contributed by atoms with van der Waals surface area (Å²) in [5, 5.41) is 4.83. The first kappa shape index (κ1) is 39.3. The second-order valence-electron chi connectivity index (χ2n) is 17.7. The molecule has 310 valence electrons. The Kier molecular flexibility index (Phi) is 9.07. The van der Waals surface area contributed by atoms with Gasteiger partial charge in [0.25, 0.3) is 0 Å². The summed E-state index contributed by atoms with van der Waals surface area (Å²) in [6.45, 7) is 0. The number of hydrogen-bond acceptors (Lipinski definition) is 0. The minimum Gasteiger partial charge on any atom is -0.0622 e. The Balaban J connectivity index is 1.10. The third-order valence-corrected chi connectivity index (χ3v) is 15.5. The van der Waals surface area contributed by atoms with Gasteiger partial charge in [0.2, 0.25) is 0 Å². The number of hydrogen-bond donors (Lipinski definition) is 0. The third-order valence-electron chi connectivity index (χ3n) is 14.5. The molecule has 0 unspecified atom stereocenters. The first-order valence-electron chi connectivity index (χ1n) is 22.6. The van der Waals surface area contributed by atoms with E-state index in [1.165, 1.54) is 111 Å². The largest absolute Gasteiger partial charge is 0.0713 e. The van der Waals surface area contributed by atoms with Gasteiger partial charge in [-0.3, -0.25) is 0 Å². The highest BCUT2D eigenvalue weighted by Gasteiger charge is 2.47. The Morgan fingerprint density at radius 3 is 0.924 bits per heavy atom. The summed E-state index contributed by atoms with van der Waals surface area (Å²) in [5.74, 6) is 0. The van der Waals surface area contributed by atoms with Crippen LogP contribution in [0.4, 0.5) is 0 Å². The fraction of sp³-hybridized carbons (Fsp3) is 0.0312. The molecule has 13 rings (SSSR count). The quantitative estimate of drug-likeness (QED) is 0.146. The van der Waals surface area contributed by atoms with Crippen LogP contribution in [0.3, 0.4) is 0 Å². The number of benzene rings is 11. The van der Waals surface area contributed by atoms with E-state index in [2.05, 4.69) is 275 Å². The highest BCUT2D eigenvalue weighted by molar-refractivity contribution is 9.10. The summed E-state index contributed by atoms with van der Waals surface area (Å²) in [6.07, 6.45) is 0. The lowest BCUT2D eigenvalue weighted by atomic mass is 9.67. The maximum Gasteiger partial charge on any atom is 0.0713 e. The average Bonchev–Trinajstić information content (AvgIpc) is 3.84. The van der Waals surface area contributed by atoms with Crippen molar-refractivity contribution >= 4 is 53.4 Å². The van der Waals surface area contributed by atoms with Crippen LogP contribution < -0.4 is 0 Å². The topological polar surface area (TPSA) is 0 Å². The summed E-state index contributed by atoms with van der Waals surface area (Å²) >= 11 is 7.92. The fourth-order valence-electron chi connectivity index (χ4n) is 12.0. The summed E-state index contributed by atoms with van der Waals surface area (Å²) in [5.41, 5.74) is 19.2. The van der Waals surface area contributed by atoms with E-state index >= 15 is 0 Å². The molecule has 0 aliphatic heterocycles. The van der Waals surface area contributed by atoms with Crippen molar-refractivity contribution in [2.24, 2.45) is 0 Å². The van der Waals surface area contributed by atoms with Gasteiger partial charge >= 0.3 is 0 Å². The van der Waals surface area contributed by atoms with Crippen LogP contribution in [0.25, 0.3) is 66.1 Å². The summed E-state index contributed by atoms with van der Waals surface area (Å²) in [4.78, 5) is 0. The third kappa shape index (κ3) is 5.56. The van der Waals surface area contributed by atoms with Gasteiger partial charge in [-0.1, -0.05) is 238 Å². The molecule has 2 aliphatic rings. The maximum atomic E-state index is 3.96. The first-order valence-corrected chi connectivity index (χ1v) is 24.2. The Bertz CT molecular complexity index is 3380. The Hall–Kier alpha value is -7.10. The van der Waals surface area contributed by atoms with Gasteiger partial charge in [-0.25, -0.2) is 0 Å². The smallest absolute Gasteiger partial charge is 0.0622 e. The summed E-state index contributed by atoms with van der Waals surface area (Å²) in [7, 11) is 0. The van der Waals surface area contributed by atoms with E-state index in [-0.39, 0.29) is 0 Å². The van der Waals surface area contributed by atoms with Gasteiger partial charge in [-0.05, 0) is 147 Å². The maximum absolute atomic E-state index is 3.96. The zero-order valence-electron chi connectivity index (χ0n) is 35.8. The van der Waals surface area contributed by atoms with Gasteiger partial charge in [-0.15, -0.1) is 0 Å². The van der Waals surface area contributed by atoms with Crippen molar-refractivity contribution in [2.45, 2.75) is 10.8 Å². The van der Waals surface area contributed by atoms with Crippen molar-refractivity contribution in [3.8, 4) is 44.5 Å². The molecule has 0 saturated carbocycles. The van der Waals surface area contributed by atoms with Crippen LogP contribution in [-0.4, -0.2) is 0 Å². The Morgan fingerprint density at radius 2 is 0.561 bits per heavy atom.